The Morgan fingerprint density at radius 1 is 1.11 bits per heavy atom. The number of amides is 1. The van der Waals surface area contributed by atoms with Crippen LogP contribution in [0.1, 0.15) is 19.3 Å². The van der Waals surface area contributed by atoms with Crippen LogP contribution in [0.2, 0.25) is 10.0 Å². The van der Waals surface area contributed by atoms with Crippen LogP contribution in [0.25, 0.3) is 0 Å². The van der Waals surface area contributed by atoms with Gasteiger partial charge in [0.1, 0.15) is 0 Å². The van der Waals surface area contributed by atoms with Gasteiger partial charge >= 0.3 is 6.09 Å². The largest absolute Gasteiger partial charge is 0.449 e. The highest BCUT2D eigenvalue weighted by atomic mass is 35.5. The van der Waals surface area contributed by atoms with E-state index in [1.165, 1.54) is 0 Å². The zero-order chi connectivity index (χ0) is 13.4. The topological polar surface area (TPSA) is 38.3 Å². The zero-order valence-corrected chi connectivity index (χ0v) is 12.0. The quantitative estimate of drug-likeness (QED) is 0.596. The Hall–Kier alpha value is -0.640. The van der Waals surface area contributed by atoms with Crippen molar-refractivity contribution in [2.24, 2.45) is 0 Å². The number of benzene rings is 1. The molecular formula is C12H14Cl3NO2. The average Bonchev–Trinajstić information content (AvgIpc) is 2.27. The number of halogens is 3. The molecule has 3 nitrogen and oxygen atoms in total. The fraction of sp³-hybridized carbons (Fsp3) is 0.417. The highest BCUT2D eigenvalue weighted by Crippen LogP contribution is 2.22. The molecule has 0 aliphatic heterocycles. The normalized spacial score (nSPS) is 10.2. The molecule has 0 aliphatic rings. The van der Waals surface area contributed by atoms with Crippen molar-refractivity contribution in [3.8, 4) is 0 Å². The van der Waals surface area contributed by atoms with Crippen molar-refractivity contribution in [2.45, 2.75) is 19.3 Å². The Labute approximate surface area is 121 Å². The van der Waals surface area contributed by atoms with Gasteiger partial charge in [-0.1, -0.05) is 23.2 Å². The summed E-state index contributed by atoms with van der Waals surface area (Å²) in [5.41, 5.74) is 0.512. The van der Waals surface area contributed by atoms with Gasteiger partial charge in [-0.25, -0.2) is 4.79 Å². The minimum atomic E-state index is -0.515. The molecule has 0 heterocycles. The molecule has 1 rings (SSSR count). The smallest absolute Gasteiger partial charge is 0.411 e. The van der Waals surface area contributed by atoms with Crippen LogP contribution < -0.4 is 5.32 Å². The summed E-state index contributed by atoms with van der Waals surface area (Å²) >= 11 is 17.1. The van der Waals surface area contributed by atoms with Gasteiger partial charge in [0.05, 0.1) is 6.61 Å². The molecule has 0 radical (unpaired) electrons. The average molecular weight is 311 g/mol. The molecule has 6 heteroatoms. The Morgan fingerprint density at radius 3 is 2.39 bits per heavy atom. The van der Waals surface area contributed by atoms with Gasteiger partial charge in [0.25, 0.3) is 0 Å². The first-order valence-corrected chi connectivity index (χ1v) is 6.86. The van der Waals surface area contributed by atoms with Crippen molar-refractivity contribution in [3.05, 3.63) is 28.2 Å². The molecule has 1 aromatic rings. The van der Waals surface area contributed by atoms with Crippen molar-refractivity contribution in [1.29, 1.82) is 0 Å². The summed E-state index contributed by atoms with van der Waals surface area (Å²) in [5.74, 6) is 0.632. The third-order valence-electron chi connectivity index (χ3n) is 2.12. The summed E-state index contributed by atoms with van der Waals surface area (Å²) in [6, 6.07) is 4.79. The Bertz CT molecular complexity index is 379. The first-order chi connectivity index (χ1) is 8.61. The second-order valence-corrected chi connectivity index (χ2v) is 4.92. The molecule has 1 N–H and O–H groups in total. The van der Waals surface area contributed by atoms with E-state index in [1.54, 1.807) is 18.2 Å². The predicted octanol–water partition coefficient (Wildman–Crippen LogP) is 4.95. The summed E-state index contributed by atoms with van der Waals surface area (Å²) in [6.07, 6.45) is 2.16. The second-order valence-electron chi connectivity index (χ2n) is 3.67. The minimum Gasteiger partial charge on any atom is -0.449 e. The Balaban J connectivity index is 2.31. The molecule has 1 aromatic carbocycles. The third kappa shape index (κ3) is 6.34. The number of nitrogens with one attached hydrogen (secondary N) is 1. The maximum atomic E-state index is 11.4. The van der Waals surface area contributed by atoms with Crippen LogP contribution in [0.15, 0.2) is 18.2 Å². The third-order valence-corrected chi connectivity index (χ3v) is 2.82. The van der Waals surface area contributed by atoms with Crippen LogP contribution in [0.3, 0.4) is 0 Å². The molecule has 0 fully saturated rings. The van der Waals surface area contributed by atoms with E-state index in [4.69, 9.17) is 39.5 Å². The SMILES string of the molecule is O=C(Nc1cc(Cl)cc(Cl)c1)OCCCCCCl. The summed E-state index contributed by atoms with van der Waals surface area (Å²) in [6.45, 7) is 0.372. The van der Waals surface area contributed by atoms with E-state index in [9.17, 15) is 4.79 Å². The van der Waals surface area contributed by atoms with Crippen molar-refractivity contribution >= 4 is 46.6 Å². The van der Waals surface area contributed by atoms with Gasteiger partial charge in [0.2, 0.25) is 0 Å². The number of carbonyl (C=O) groups excluding carboxylic acids is 1. The van der Waals surface area contributed by atoms with Crippen LogP contribution in [0.4, 0.5) is 10.5 Å². The standard InChI is InChI=1S/C12H14Cl3NO2/c13-4-2-1-3-5-18-12(17)16-11-7-9(14)6-10(15)8-11/h6-8H,1-5H2,(H,16,17). The number of alkyl halides is 1. The molecule has 100 valence electrons. The van der Waals surface area contributed by atoms with Gasteiger partial charge in [0, 0.05) is 21.6 Å². The van der Waals surface area contributed by atoms with Crippen molar-refractivity contribution in [2.75, 3.05) is 17.8 Å². The molecule has 0 aliphatic carbocycles. The minimum absolute atomic E-state index is 0.372. The molecule has 0 aromatic heterocycles. The van der Waals surface area contributed by atoms with Gasteiger partial charge in [-0.05, 0) is 37.5 Å². The first-order valence-electron chi connectivity index (χ1n) is 5.57. The van der Waals surface area contributed by atoms with Gasteiger partial charge in [-0.3, -0.25) is 5.32 Å². The predicted molar refractivity (Wildman–Crippen MR) is 76.0 cm³/mol. The van der Waals surface area contributed by atoms with E-state index >= 15 is 0 Å². The van der Waals surface area contributed by atoms with E-state index in [-0.39, 0.29) is 0 Å². The van der Waals surface area contributed by atoms with Crippen molar-refractivity contribution in [3.63, 3.8) is 0 Å². The lowest BCUT2D eigenvalue weighted by Crippen LogP contribution is -2.14. The summed E-state index contributed by atoms with van der Waals surface area (Å²) in [4.78, 5) is 11.4. The van der Waals surface area contributed by atoms with Gasteiger partial charge in [0.15, 0.2) is 0 Å². The molecule has 0 atom stereocenters. The highest BCUT2D eigenvalue weighted by molar-refractivity contribution is 6.35. The van der Waals surface area contributed by atoms with Gasteiger partial charge in [-0.2, -0.15) is 0 Å². The second kappa shape index (κ2) is 8.46. The Morgan fingerprint density at radius 2 is 1.78 bits per heavy atom. The zero-order valence-electron chi connectivity index (χ0n) is 9.72. The molecule has 0 saturated heterocycles. The fourth-order valence-electron chi connectivity index (χ4n) is 1.32. The highest BCUT2D eigenvalue weighted by Gasteiger charge is 2.04. The fourth-order valence-corrected chi connectivity index (χ4v) is 2.03. The van der Waals surface area contributed by atoms with E-state index in [0.717, 1.165) is 19.3 Å². The maximum absolute atomic E-state index is 11.4. The lowest BCUT2D eigenvalue weighted by molar-refractivity contribution is 0.159. The Kier molecular flexibility index (Phi) is 7.25. The number of anilines is 1. The van der Waals surface area contributed by atoms with Gasteiger partial charge < -0.3 is 4.74 Å². The maximum Gasteiger partial charge on any atom is 0.411 e. The first kappa shape index (κ1) is 15.4. The van der Waals surface area contributed by atoms with Crippen LogP contribution in [0, 0.1) is 0 Å². The van der Waals surface area contributed by atoms with Crippen LogP contribution >= 0.6 is 34.8 Å². The number of rotatable bonds is 6. The van der Waals surface area contributed by atoms with Crippen LogP contribution in [-0.2, 0) is 4.74 Å². The molecule has 1 amide bonds. The molecular weight excluding hydrogens is 296 g/mol. The number of hydrogen-bond donors (Lipinski definition) is 1. The monoisotopic (exact) mass is 309 g/mol. The van der Waals surface area contributed by atoms with E-state index in [0.29, 0.717) is 28.2 Å². The number of carbonyl (C=O) groups is 1. The number of unbranched alkanes of at least 4 members (excludes halogenated alkanes) is 2. The number of hydrogen-bond acceptors (Lipinski definition) is 2. The van der Waals surface area contributed by atoms with Gasteiger partial charge in [-0.15, -0.1) is 11.6 Å². The van der Waals surface area contributed by atoms with E-state index in [1.807, 2.05) is 0 Å². The van der Waals surface area contributed by atoms with Crippen LogP contribution in [0.5, 0.6) is 0 Å². The molecule has 0 saturated carbocycles. The van der Waals surface area contributed by atoms with Crippen molar-refractivity contribution < 1.29 is 9.53 Å². The van der Waals surface area contributed by atoms with Crippen LogP contribution in [-0.4, -0.2) is 18.6 Å². The molecule has 0 spiro atoms. The molecule has 0 bridgehead atoms. The van der Waals surface area contributed by atoms with E-state index in [2.05, 4.69) is 5.32 Å². The lowest BCUT2D eigenvalue weighted by Gasteiger charge is -2.07. The summed E-state index contributed by atoms with van der Waals surface area (Å²) in [5, 5.41) is 3.47. The van der Waals surface area contributed by atoms with Crippen molar-refractivity contribution in [1.82, 2.24) is 0 Å². The summed E-state index contributed by atoms with van der Waals surface area (Å²) in [7, 11) is 0. The number of ether oxygens (including phenoxy) is 1. The molecule has 18 heavy (non-hydrogen) atoms. The summed E-state index contributed by atoms with van der Waals surface area (Å²) < 4.78 is 4.99. The molecule has 0 unspecified atom stereocenters. The van der Waals surface area contributed by atoms with E-state index < -0.39 is 6.09 Å². The lowest BCUT2D eigenvalue weighted by atomic mass is 10.3.